The Morgan fingerprint density at radius 2 is 2.17 bits per heavy atom. The lowest BCUT2D eigenvalue weighted by molar-refractivity contribution is 0.628. The third-order valence-corrected chi connectivity index (χ3v) is 4.02. The third-order valence-electron chi connectivity index (χ3n) is 2.65. The molecule has 18 heavy (non-hydrogen) atoms. The summed E-state index contributed by atoms with van der Waals surface area (Å²) in [6, 6.07) is 6.98. The Morgan fingerprint density at radius 1 is 1.33 bits per heavy atom. The summed E-state index contributed by atoms with van der Waals surface area (Å²) >= 11 is 7.52. The maximum absolute atomic E-state index is 13.8. The highest BCUT2D eigenvalue weighted by molar-refractivity contribution is 7.14. The molecule has 1 N–H and O–H groups in total. The van der Waals surface area contributed by atoms with E-state index in [0.29, 0.717) is 10.6 Å². The van der Waals surface area contributed by atoms with Gasteiger partial charge in [-0.1, -0.05) is 24.6 Å². The van der Waals surface area contributed by atoms with Crippen LogP contribution in [0.4, 0.5) is 4.39 Å². The van der Waals surface area contributed by atoms with E-state index in [1.54, 1.807) is 6.07 Å². The Balaban J connectivity index is 2.25. The lowest BCUT2D eigenvalue weighted by atomic mass is 10.1. The molecule has 0 radical (unpaired) electrons. The first-order valence-corrected chi connectivity index (χ1v) is 7.20. The van der Waals surface area contributed by atoms with Crippen molar-refractivity contribution in [3.63, 3.8) is 0 Å². The highest BCUT2D eigenvalue weighted by atomic mass is 35.5. The Morgan fingerprint density at radius 3 is 2.83 bits per heavy atom. The maximum Gasteiger partial charge on any atom is 0.131 e. The van der Waals surface area contributed by atoms with Crippen molar-refractivity contribution in [2.45, 2.75) is 19.9 Å². The molecule has 0 aliphatic carbocycles. The fourth-order valence-corrected chi connectivity index (χ4v) is 2.93. The monoisotopic (exact) mass is 283 g/mol. The zero-order chi connectivity index (χ0) is 13.0. The maximum atomic E-state index is 13.8. The van der Waals surface area contributed by atoms with Gasteiger partial charge in [0.2, 0.25) is 0 Å². The Kier molecular flexibility index (Phi) is 4.75. The average Bonchev–Trinajstić information content (AvgIpc) is 2.78. The first-order valence-electron chi connectivity index (χ1n) is 5.95. The van der Waals surface area contributed by atoms with Crippen molar-refractivity contribution in [3.8, 4) is 10.4 Å². The number of thiophene rings is 1. The third kappa shape index (κ3) is 3.10. The lowest BCUT2D eigenvalue weighted by Gasteiger charge is -2.07. The molecule has 0 atom stereocenters. The van der Waals surface area contributed by atoms with E-state index in [9.17, 15) is 4.39 Å². The average molecular weight is 284 g/mol. The summed E-state index contributed by atoms with van der Waals surface area (Å²) < 4.78 is 13.8. The van der Waals surface area contributed by atoms with Crippen LogP contribution in [-0.4, -0.2) is 6.54 Å². The van der Waals surface area contributed by atoms with Crippen LogP contribution in [0, 0.1) is 5.82 Å². The van der Waals surface area contributed by atoms with Gasteiger partial charge in [0.1, 0.15) is 5.82 Å². The summed E-state index contributed by atoms with van der Waals surface area (Å²) in [4.78, 5) is 0.798. The molecule has 96 valence electrons. The summed E-state index contributed by atoms with van der Waals surface area (Å²) in [6.07, 6.45) is 1.09. The van der Waals surface area contributed by atoms with E-state index >= 15 is 0 Å². The van der Waals surface area contributed by atoms with Crippen LogP contribution in [0.15, 0.2) is 29.6 Å². The molecule has 0 saturated heterocycles. The van der Waals surface area contributed by atoms with E-state index in [4.69, 9.17) is 11.6 Å². The van der Waals surface area contributed by atoms with Crippen molar-refractivity contribution >= 4 is 22.9 Å². The number of hydrogen-bond acceptors (Lipinski definition) is 2. The molecule has 0 aliphatic rings. The van der Waals surface area contributed by atoms with Crippen molar-refractivity contribution < 1.29 is 4.39 Å². The smallest absolute Gasteiger partial charge is 0.131 e. The summed E-state index contributed by atoms with van der Waals surface area (Å²) in [5.41, 5.74) is 1.66. The molecular formula is C14H15ClFNS. The largest absolute Gasteiger partial charge is 0.313 e. The second-order valence-electron chi connectivity index (χ2n) is 4.09. The number of rotatable bonds is 5. The minimum atomic E-state index is -0.224. The standard InChI is InChI=1S/C14H15ClFNS/c1-2-6-17-9-10-3-4-13(16)11(8-10)14-12(15)5-7-18-14/h3-5,7-8,17H,2,6,9H2,1H3. The van der Waals surface area contributed by atoms with Crippen LogP contribution in [0.25, 0.3) is 10.4 Å². The topological polar surface area (TPSA) is 12.0 Å². The van der Waals surface area contributed by atoms with Gasteiger partial charge < -0.3 is 5.32 Å². The molecular weight excluding hydrogens is 269 g/mol. The fourth-order valence-electron chi connectivity index (χ4n) is 1.75. The van der Waals surface area contributed by atoms with Crippen LogP contribution in [0.3, 0.4) is 0 Å². The summed E-state index contributed by atoms with van der Waals surface area (Å²) in [5, 5.41) is 5.79. The molecule has 2 aromatic rings. The molecule has 4 heteroatoms. The molecule has 0 aliphatic heterocycles. The van der Waals surface area contributed by atoms with Crippen molar-refractivity contribution in [2.24, 2.45) is 0 Å². The predicted octanol–water partition coefficient (Wildman–Crippen LogP) is 4.71. The van der Waals surface area contributed by atoms with Gasteiger partial charge in [0.25, 0.3) is 0 Å². The fraction of sp³-hybridized carbons (Fsp3) is 0.286. The van der Waals surface area contributed by atoms with Crippen LogP contribution in [-0.2, 0) is 6.54 Å². The number of hydrogen-bond donors (Lipinski definition) is 1. The van der Waals surface area contributed by atoms with Crippen LogP contribution in [0.5, 0.6) is 0 Å². The van der Waals surface area contributed by atoms with Crippen molar-refractivity contribution in [3.05, 3.63) is 46.0 Å². The van der Waals surface area contributed by atoms with Gasteiger partial charge in [-0.15, -0.1) is 11.3 Å². The van der Waals surface area contributed by atoms with Gasteiger partial charge in [0, 0.05) is 12.1 Å². The quantitative estimate of drug-likeness (QED) is 0.784. The lowest BCUT2D eigenvalue weighted by Crippen LogP contribution is -2.13. The Hall–Kier alpha value is -0.900. The van der Waals surface area contributed by atoms with E-state index in [1.165, 1.54) is 17.4 Å². The molecule has 0 unspecified atom stereocenters. The van der Waals surface area contributed by atoms with Gasteiger partial charge in [-0.3, -0.25) is 0 Å². The first-order chi connectivity index (χ1) is 8.72. The van der Waals surface area contributed by atoms with Crippen molar-refractivity contribution in [1.29, 1.82) is 0 Å². The molecule has 0 saturated carbocycles. The van der Waals surface area contributed by atoms with Crippen LogP contribution in [0.2, 0.25) is 5.02 Å². The molecule has 0 spiro atoms. The Labute approximate surface area is 116 Å². The highest BCUT2D eigenvalue weighted by Gasteiger charge is 2.11. The van der Waals surface area contributed by atoms with Gasteiger partial charge in [-0.05, 0) is 42.1 Å². The van der Waals surface area contributed by atoms with E-state index in [1.807, 2.05) is 17.5 Å². The van der Waals surface area contributed by atoms with Gasteiger partial charge in [0.05, 0.1) is 9.90 Å². The van der Waals surface area contributed by atoms with Gasteiger partial charge in [-0.2, -0.15) is 0 Å². The summed E-state index contributed by atoms with van der Waals surface area (Å²) in [7, 11) is 0. The number of halogens is 2. The zero-order valence-corrected chi connectivity index (χ0v) is 11.7. The zero-order valence-electron chi connectivity index (χ0n) is 10.2. The molecule has 2 rings (SSSR count). The van der Waals surface area contributed by atoms with Crippen molar-refractivity contribution in [2.75, 3.05) is 6.54 Å². The summed E-state index contributed by atoms with van der Waals surface area (Å²) in [5.74, 6) is -0.224. The van der Waals surface area contributed by atoms with E-state index < -0.39 is 0 Å². The molecule has 1 aromatic heterocycles. The van der Waals surface area contributed by atoms with E-state index in [-0.39, 0.29) is 5.82 Å². The van der Waals surface area contributed by atoms with Gasteiger partial charge in [-0.25, -0.2) is 4.39 Å². The minimum Gasteiger partial charge on any atom is -0.313 e. The molecule has 0 bridgehead atoms. The van der Waals surface area contributed by atoms with E-state index in [2.05, 4.69) is 12.2 Å². The second kappa shape index (κ2) is 6.32. The summed E-state index contributed by atoms with van der Waals surface area (Å²) in [6.45, 7) is 3.84. The Bertz CT molecular complexity index is 524. The van der Waals surface area contributed by atoms with Gasteiger partial charge in [0.15, 0.2) is 0 Å². The number of benzene rings is 1. The predicted molar refractivity (Wildman–Crippen MR) is 76.7 cm³/mol. The van der Waals surface area contributed by atoms with E-state index in [0.717, 1.165) is 30.0 Å². The molecule has 1 aromatic carbocycles. The van der Waals surface area contributed by atoms with Crippen LogP contribution in [0.1, 0.15) is 18.9 Å². The molecule has 0 fully saturated rings. The second-order valence-corrected chi connectivity index (χ2v) is 5.41. The van der Waals surface area contributed by atoms with Gasteiger partial charge >= 0.3 is 0 Å². The molecule has 0 amide bonds. The van der Waals surface area contributed by atoms with Crippen molar-refractivity contribution in [1.82, 2.24) is 5.32 Å². The minimum absolute atomic E-state index is 0.224. The van der Waals surface area contributed by atoms with Crippen LogP contribution < -0.4 is 5.32 Å². The SMILES string of the molecule is CCCNCc1ccc(F)c(-c2sccc2Cl)c1. The number of nitrogens with one attached hydrogen (secondary N) is 1. The normalized spacial score (nSPS) is 10.8. The molecule has 1 heterocycles. The van der Waals surface area contributed by atoms with Crippen LogP contribution >= 0.6 is 22.9 Å². The first kappa shape index (κ1) is 13.5. The highest BCUT2D eigenvalue weighted by Crippen LogP contribution is 2.35. The molecule has 1 nitrogen and oxygen atoms in total.